The van der Waals surface area contributed by atoms with Gasteiger partial charge in [-0.25, -0.2) is 0 Å². The Labute approximate surface area is 234 Å². The number of hydrogen-bond acceptors (Lipinski definition) is 1. The van der Waals surface area contributed by atoms with Crippen molar-refractivity contribution in [2.24, 2.45) is 0 Å². The topological polar surface area (TPSA) is 20.3 Å². The minimum atomic E-state index is -0.869. The van der Waals surface area contributed by atoms with E-state index in [1.54, 1.807) is 0 Å². The molecule has 6 aromatic rings. The van der Waals surface area contributed by atoms with E-state index in [9.17, 15) is 4.79 Å². The number of para-hydroxylation sites is 1. The summed E-state index contributed by atoms with van der Waals surface area (Å²) < 4.78 is 0. The highest BCUT2D eigenvalue weighted by atomic mass is 16.2. The van der Waals surface area contributed by atoms with Gasteiger partial charge < -0.3 is 0 Å². The molecule has 1 aliphatic heterocycles. The van der Waals surface area contributed by atoms with E-state index in [0.29, 0.717) is 0 Å². The van der Waals surface area contributed by atoms with E-state index in [-0.39, 0.29) is 5.91 Å². The summed E-state index contributed by atoms with van der Waals surface area (Å²) in [7, 11) is 0. The molecule has 0 N–H and O–H groups in total. The van der Waals surface area contributed by atoms with Gasteiger partial charge in [-0.15, -0.1) is 0 Å². The Morgan fingerprint density at radius 2 is 1.05 bits per heavy atom. The minimum absolute atomic E-state index is 0.00833. The quantitative estimate of drug-likeness (QED) is 0.225. The van der Waals surface area contributed by atoms with Crippen LogP contribution in [0.3, 0.4) is 0 Å². The van der Waals surface area contributed by atoms with Crippen LogP contribution in [0.4, 0.5) is 5.69 Å². The van der Waals surface area contributed by atoms with Crippen molar-refractivity contribution >= 4 is 45.3 Å². The third-order valence-electron chi connectivity index (χ3n) is 8.14. The van der Waals surface area contributed by atoms with Gasteiger partial charge in [-0.1, -0.05) is 110 Å². The molecule has 6 aromatic carbocycles. The van der Waals surface area contributed by atoms with Crippen molar-refractivity contribution in [3.63, 3.8) is 0 Å². The molecule has 0 aliphatic carbocycles. The average molecular weight is 514 g/mol. The van der Waals surface area contributed by atoms with Gasteiger partial charge in [0.25, 0.3) is 5.91 Å². The van der Waals surface area contributed by atoms with Crippen LogP contribution in [-0.4, -0.2) is 5.91 Å². The van der Waals surface area contributed by atoms with Gasteiger partial charge in [0.1, 0.15) is 5.54 Å². The van der Waals surface area contributed by atoms with E-state index < -0.39 is 5.54 Å². The van der Waals surface area contributed by atoms with Crippen LogP contribution in [0.15, 0.2) is 141 Å². The predicted molar refractivity (Wildman–Crippen MR) is 168 cm³/mol. The Morgan fingerprint density at radius 1 is 0.550 bits per heavy atom. The Hall–Kier alpha value is -5.21. The summed E-state index contributed by atoms with van der Waals surface area (Å²) in [5, 5.41) is 4.50. The van der Waals surface area contributed by atoms with Crippen molar-refractivity contribution in [1.82, 2.24) is 0 Å². The first-order valence-corrected chi connectivity index (χ1v) is 13.5. The number of carbonyl (C=O) groups excluding carboxylic acids is 1. The fraction of sp³-hybridized carbons (Fsp3) is 0.0263. The largest absolute Gasteiger partial charge is 0.290 e. The van der Waals surface area contributed by atoms with Crippen molar-refractivity contribution in [2.75, 3.05) is 4.90 Å². The summed E-state index contributed by atoms with van der Waals surface area (Å²) >= 11 is 0. The molecule has 0 fully saturated rings. The lowest BCUT2D eigenvalue weighted by Gasteiger charge is -2.41. The van der Waals surface area contributed by atoms with Crippen LogP contribution in [0, 0.1) is 0 Å². The molecule has 1 heterocycles. The summed E-state index contributed by atoms with van der Waals surface area (Å²) in [5.41, 5.74) is 5.92. The summed E-state index contributed by atoms with van der Waals surface area (Å²) in [6.07, 6.45) is 3.73. The van der Waals surface area contributed by atoms with Crippen molar-refractivity contribution in [3.8, 4) is 0 Å². The third kappa shape index (κ3) is 3.47. The van der Waals surface area contributed by atoms with E-state index >= 15 is 0 Å². The molecular formula is C38H27NO. The molecule has 0 unspecified atom stereocenters. The summed E-state index contributed by atoms with van der Waals surface area (Å²) in [6.45, 7) is 7.86. The molecule has 0 bridgehead atoms. The average Bonchev–Trinajstić information content (AvgIpc) is 3.29. The molecule has 0 spiro atoms. The summed E-state index contributed by atoms with van der Waals surface area (Å²) in [5.74, 6) is -0.00833. The number of hydrogen-bond donors (Lipinski definition) is 0. The van der Waals surface area contributed by atoms with Crippen molar-refractivity contribution in [3.05, 3.63) is 174 Å². The minimum Gasteiger partial charge on any atom is -0.290 e. The summed E-state index contributed by atoms with van der Waals surface area (Å²) in [6, 6.07) is 43.9. The van der Waals surface area contributed by atoms with Crippen LogP contribution in [0.1, 0.15) is 38.2 Å². The van der Waals surface area contributed by atoms with Crippen LogP contribution in [0.5, 0.6) is 0 Å². The SMILES string of the molecule is C=Cc1ccc2cc(C3(c4ccc5cc(C=C)ccc5c4)c4ccccc4C(=O)N3c3ccccc3)ccc2c1. The Bertz CT molecular complexity index is 1880. The zero-order chi connectivity index (χ0) is 27.3. The summed E-state index contributed by atoms with van der Waals surface area (Å²) in [4.78, 5) is 16.3. The Morgan fingerprint density at radius 3 is 1.62 bits per heavy atom. The van der Waals surface area contributed by atoms with E-state index in [0.717, 1.165) is 60.6 Å². The normalized spacial score (nSPS) is 13.9. The maximum absolute atomic E-state index is 14.4. The first-order chi connectivity index (χ1) is 19.6. The molecule has 0 saturated carbocycles. The van der Waals surface area contributed by atoms with E-state index in [1.165, 1.54) is 0 Å². The molecule has 190 valence electrons. The molecule has 1 amide bonds. The zero-order valence-corrected chi connectivity index (χ0v) is 22.0. The lowest BCUT2D eigenvalue weighted by Crippen LogP contribution is -2.46. The fourth-order valence-corrected chi connectivity index (χ4v) is 6.23. The van der Waals surface area contributed by atoms with Gasteiger partial charge in [-0.05, 0) is 91.8 Å². The highest BCUT2D eigenvalue weighted by molar-refractivity contribution is 6.14. The van der Waals surface area contributed by atoms with Crippen LogP contribution < -0.4 is 4.90 Å². The third-order valence-corrected chi connectivity index (χ3v) is 8.14. The number of anilines is 1. The molecular weight excluding hydrogens is 486 g/mol. The van der Waals surface area contributed by atoms with Gasteiger partial charge in [0.2, 0.25) is 0 Å². The Kier molecular flexibility index (Phi) is 5.50. The molecule has 1 aliphatic rings. The standard InChI is InChI=1S/C38H27NO/c1-3-26-14-16-30-24-32(20-18-28(30)22-26)38(33-21-19-29-23-27(4-2)15-17-31(29)25-33)36-13-9-8-12-35(36)37(40)39(38)34-10-6-5-7-11-34/h3-25H,1-2H2. The lowest BCUT2D eigenvalue weighted by atomic mass is 9.75. The molecule has 0 aromatic heterocycles. The monoisotopic (exact) mass is 513 g/mol. The van der Waals surface area contributed by atoms with Crippen LogP contribution in [-0.2, 0) is 5.54 Å². The predicted octanol–water partition coefficient (Wildman–Crippen LogP) is 9.23. The smallest absolute Gasteiger partial charge is 0.260 e. The van der Waals surface area contributed by atoms with Crippen LogP contribution in [0.25, 0.3) is 33.7 Å². The van der Waals surface area contributed by atoms with Gasteiger partial charge in [0.05, 0.1) is 0 Å². The van der Waals surface area contributed by atoms with E-state index in [2.05, 4.69) is 92.0 Å². The second-order valence-electron chi connectivity index (χ2n) is 10.3. The van der Waals surface area contributed by atoms with E-state index in [1.807, 2.05) is 65.6 Å². The van der Waals surface area contributed by atoms with Crippen LogP contribution in [0.2, 0.25) is 0 Å². The zero-order valence-electron chi connectivity index (χ0n) is 22.0. The number of fused-ring (bicyclic) bond motifs is 3. The number of nitrogens with zero attached hydrogens (tertiary/aromatic N) is 1. The van der Waals surface area contributed by atoms with Crippen molar-refractivity contribution in [1.29, 1.82) is 0 Å². The van der Waals surface area contributed by atoms with Gasteiger partial charge in [0, 0.05) is 11.3 Å². The molecule has 2 nitrogen and oxygen atoms in total. The van der Waals surface area contributed by atoms with Gasteiger partial charge in [0.15, 0.2) is 0 Å². The van der Waals surface area contributed by atoms with Gasteiger partial charge in [-0.3, -0.25) is 9.69 Å². The molecule has 7 rings (SSSR count). The highest BCUT2D eigenvalue weighted by Crippen LogP contribution is 2.51. The number of rotatable bonds is 5. The lowest BCUT2D eigenvalue weighted by molar-refractivity contribution is 0.0986. The van der Waals surface area contributed by atoms with Crippen LogP contribution >= 0.6 is 0 Å². The molecule has 0 atom stereocenters. The fourth-order valence-electron chi connectivity index (χ4n) is 6.23. The number of benzene rings is 6. The Balaban J connectivity index is 1.60. The first kappa shape index (κ1) is 23.9. The second-order valence-corrected chi connectivity index (χ2v) is 10.3. The van der Waals surface area contributed by atoms with Gasteiger partial charge in [-0.2, -0.15) is 0 Å². The molecule has 0 saturated heterocycles. The highest BCUT2D eigenvalue weighted by Gasteiger charge is 2.52. The number of amides is 1. The molecule has 40 heavy (non-hydrogen) atoms. The van der Waals surface area contributed by atoms with Crippen molar-refractivity contribution < 1.29 is 4.79 Å². The second kappa shape index (κ2) is 9.21. The van der Waals surface area contributed by atoms with Gasteiger partial charge >= 0.3 is 0 Å². The van der Waals surface area contributed by atoms with E-state index in [4.69, 9.17) is 0 Å². The number of carbonyl (C=O) groups is 1. The molecule has 2 heteroatoms. The first-order valence-electron chi connectivity index (χ1n) is 13.5. The maximum Gasteiger partial charge on any atom is 0.260 e. The maximum atomic E-state index is 14.4. The van der Waals surface area contributed by atoms with Crippen molar-refractivity contribution in [2.45, 2.75) is 5.54 Å². The molecule has 0 radical (unpaired) electrons.